The number of nitrogens with zero attached hydrogens (tertiary/aromatic N) is 6. The standard InChI is InChI=1S/C39H43N9O5/c1-39(2,3)53-38(51)48-19-9-13-31(48)35-43-23-29(45-35)27-20-40-33(41-21-27)26-16-14-24(15-17-26)28-22-42-34(44-28)30-12-8-18-47(30)36(49)32(46-37(50)52-4)25-10-6-5-7-11-25/h5-7,10-11,14-17,20-23,30-32H,8-9,12-13,18-19H2,1-4H3,(H,42,44)(H,43,45)(H,46,50)/t30-,31-,32+/m0/s1. The zero-order valence-electron chi connectivity index (χ0n) is 30.2. The van der Waals surface area contributed by atoms with Gasteiger partial charge in [-0.1, -0.05) is 54.6 Å². The monoisotopic (exact) mass is 717 g/mol. The second-order valence-electron chi connectivity index (χ2n) is 14.2. The molecule has 0 bridgehead atoms. The number of carbonyl (C=O) groups is 3. The van der Waals surface area contributed by atoms with E-state index in [2.05, 4.69) is 35.2 Å². The van der Waals surface area contributed by atoms with E-state index in [0.29, 0.717) is 36.1 Å². The van der Waals surface area contributed by atoms with Gasteiger partial charge in [-0.15, -0.1) is 0 Å². The smallest absolute Gasteiger partial charge is 0.410 e. The molecule has 2 saturated heterocycles. The van der Waals surface area contributed by atoms with Crippen molar-refractivity contribution in [3.8, 4) is 33.9 Å². The molecule has 2 aliphatic rings. The number of nitrogens with one attached hydrogen (secondary N) is 3. The number of alkyl carbamates (subject to hydrolysis) is 1. The van der Waals surface area contributed by atoms with E-state index >= 15 is 0 Å². The molecule has 0 saturated carbocycles. The molecule has 0 unspecified atom stereocenters. The van der Waals surface area contributed by atoms with Crippen molar-refractivity contribution < 1.29 is 23.9 Å². The SMILES string of the molecule is COC(=O)N[C@@H](C(=O)N1CCC[C@H]1c1ncc(-c2ccc(-c3ncc(-c4cnc([C@@H]5CCCN5C(=O)OC(C)(C)C)[nH]4)cn3)cc2)[nH]1)c1ccccc1. The number of amides is 3. The van der Waals surface area contributed by atoms with Crippen molar-refractivity contribution in [3.05, 3.63) is 96.6 Å². The van der Waals surface area contributed by atoms with Crippen LogP contribution >= 0.6 is 0 Å². The summed E-state index contributed by atoms with van der Waals surface area (Å²) in [7, 11) is 1.28. The Morgan fingerprint density at radius 3 is 1.92 bits per heavy atom. The fourth-order valence-corrected chi connectivity index (χ4v) is 6.90. The number of benzene rings is 2. The molecule has 5 aromatic rings. The molecule has 3 N–H and O–H groups in total. The third-order valence-electron chi connectivity index (χ3n) is 9.48. The predicted octanol–water partition coefficient (Wildman–Crippen LogP) is 6.76. The van der Waals surface area contributed by atoms with E-state index in [-0.39, 0.29) is 24.1 Å². The summed E-state index contributed by atoms with van der Waals surface area (Å²) in [5.74, 6) is 1.75. The van der Waals surface area contributed by atoms with Crippen LogP contribution in [0.5, 0.6) is 0 Å². The Morgan fingerprint density at radius 2 is 1.32 bits per heavy atom. The minimum absolute atomic E-state index is 0.176. The maximum atomic E-state index is 13.8. The molecule has 0 aliphatic carbocycles. The number of ether oxygens (including phenoxy) is 2. The lowest BCUT2D eigenvalue weighted by molar-refractivity contribution is -0.134. The van der Waals surface area contributed by atoms with Gasteiger partial charge in [0.05, 0.1) is 43.0 Å². The Labute approximate surface area is 307 Å². The van der Waals surface area contributed by atoms with Gasteiger partial charge in [-0.05, 0) is 57.6 Å². The van der Waals surface area contributed by atoms with Crippen molar-refractivity contribution in [2.45, 2.75) is 70.2 Å². The van der Waals surface area contributed by atoms with Crippen molar-refractivity contribution in [3.63, 3.8) is 0 Å². The van der Waals surface area contributed by atoms with Crippen molar-refractivity contribution in [2.75, 3.05) is 20.2 Å². The Bertz CT molecular complexity index is 2060. The first-order valence-corrected chi connectivity index (χ1v) is 17.8. The van der Waals surface area contributed by atoms with Crippen LogP contribution in [0.25, 0.3) is 33.9 Å². The highest BCUT2D eigenvalue weighted by Gasteiger charge is 2.37. The second kappa shape index (κ2) is 14.9. The molecule has 3 amide bonds. The van der Waals surface area contributed by atoms with Crippen LogP contribution in [0, 0.1) is 0 Å². The maximum absolute atomic E-state index is 13.8. The Kier molecular flexibility index (Phi) is 9.94. The third kappa shape index (κ3) is 7.76. The molecule has 53 heavy (non-hydrogen) atoms. The number of H-pyrrole nitrogens is 2. The topological polar surface area (TPSA) is 171 Å². The molecule has 2 aliphatic heterocycles. The van der Waals surface area contributed by atoms with Gasteiger partial charge in [-0.25, -0.2) is 29.5 Å². The number of rotatable bonds is 8. The van der Waals surface area contributed by atoms with Gasteiger partial charge in [-0.3, -0.25) is 9.69 Å². The minimum Gasteiger partial charge on any atom is -0.453 e. The number of aromatic nitrogens is 6. The number of methoxy groups -OCH3 is 1. The van der Waals surface area contributed by atoms with Gasteiger partial charge in [0.2, 0.25) is 0 Å². The molecular formula is C39H43N9O5. The fourth-order valence-electron chi connectivity index (χ4n) is 6.90. The molecule has 14 heteroatoms. The van der Waals surface area contributed by atoms with Crippen LogP contribution in [0.4, 0.5) is 9.59 Å². The number of imidazole rings is 2. The normalized spacial score (nSPS) is 17.8. The zero-order valence-corrected chi connectivity index (χ0v) is 30.2. The van der Waals surface area contributed by atoms with Gasteiger partial charge in [0.1, 0.15) is 23.3 Å². The highest BCUT2D eigenvalue weighted by molar-refractivity contribution is 5.87. The first kappa shape index (κ1) is 35.4. The van der Waals surface area contributed by atoms with Crippen LogP contribution in [0.1, 0.15) is 81.8 Å². The quantitative estimate of drug-likeness (QED) is 0.157. The molecule has 2 aromatic carbocycles. The summed E-state index contributed by atoms with van der Waals surface area (Å²) in [6.45, 7) is 6.76. The van der Waals surface area contributed by atoms with Gasteiger partial charge >= 0.3 is 12.2 Å². The Hall–Kier alpha value is -6.05. The summed E-state index contributed by atoms with van der Waals surface area (Å²) in [5, 5.41) is 2.70. The zero-order chi connectivity index (χ0) is 37.1. The van der Waals surface area contributed by atoms with Gasteiger partial charge in [0.25, 0.3) is 5.91 Å². The molecule has 3 aromatic heterocycles. The predicted molar refractivity (Wildman–Crippen MR) is 196 cm³/mol. The van der Waals surface area contributed by atoms with E-state index in [4.69, 9.17) is 9.47 Å². The third-order valence-corrected chi connectivity index (χ3v) is 9.48. The van der Waals surface area contributed by atoms with Crippen molar-refractivity contribution in [2.24, 2.45) is 0 Å². The van der Waals surface area contributed by atoms with Crippen molar-refractivity contribution in [1.82, 2.24) is 45.0 Å². The Morgan fingerprint density at radius 1 is 0.755 bits per heavy atom. The number of aromatic amines is 2. The molecule has 0 spiro atoms. The number of carbonyl (C=O) groups excluding carboxylic acids is 3. The highest BCUT2D eigenvalue weighted by atomic mass is 16.6. The number of hydrogen-bond acceptors (Lipinski definition) is 9. The average molecular weight is 718 g/mol. The summed E-state index contributed by atoms with van der Waals surface area (Å²) < 4.78 is 10.4. The summed E-state index contributed by atoms with van der Waals surface area (Å²) in [6.07, 6.45) is 9.27. The first-order valence-electron chi connectivity index (χ1n) is 17.8. The summed E-state index contributed by atoms with van der Waals surface area (Å²) in [4.78, 5) is 67.6. The lowest BCUT2D eigenvalue weighted by Crippen LogP contribution is -2.42. The van der Waals surface area contributed by atoms with E-state index in [1.165, 1.54) is 7.11 Å². The summed E-state index contributed by atoms with van der Waals surface area (Å²) >= 11 is 0. The first-order chi connectivity index (χ1) is 25.6. The molecule has 14 nitrogen and oxygen atoms in total. The molecule has 3 atom stereocenters. The Balaban J connectivity index is 1.01. The van der Waals surface area contributed by atoms with E-state index in [1.807, 2.05) is 75.4 Å². The second-order valence-corrected chi connectivity index (χ2v) is 14.2. The van der Waals surface area contributed by atoms with Crippen molar-refractivity contribution in [1.29, 1.82) is 0 Å². The lowest BCUT2D eigenvalue weighted by atomic mass is 10.1. The largest absolute Gasteiger partial charge is 0.453 e. The minimum atomic E-state index is -0.881. The van der Waals surface area contributed by atoms with E-state index in [9.17, 15) is 14.4 Å². The van der Waals surface area contributed by atoms with Crippen LogP contribution in [0.15, 0.2) is 79.4 Å². The highest BCUT2D eigenvalue weighted by Crippen LogP contribution is 2.35. The van der Waals surface area contributed by atoms with Crippen LogP contribution in [-0.2, 0) is 14.3 Å². The molecule has 274 valence electrons. The van der Waals surface area contributed by atoms with Crippen LogP contribution < -0.4 is 5.32 Å². The van der Waals surface area contributed by atoms with Crippen LogP contribution in [-0.4, -0.2) is 83.6 Å². The summed E-state index contributed by atoms with van der Waals surface area (Å²) in [5.41, 5.74) is 4.25. The number of hydrogen-bond donors (Lipinski definition) is 3. The van der Waals surface area contributed by atoms with Crippen LogP contribution in [0.3, 0.4) is 0 Å². The van der Waals surface area contributed by atoms with Gasteiger partial charge < -0.3 is 29.7 Å². The molecule has 2 fully saturated rings. The fraction of sp³-hybridized carbons (Fsp3) is 0.359. The summed E-state index contributed by atoms with van der Waals surface area (Å²) in [6, 6.07) is 15.7. The van der Waals surface area contributed by atoms with Gasteiger partial charge in [0, 0.05) is 36.6 Å². The van der Waals surface area contributed by atoms with Gasteiger partial charge in [-0.2, -0.15) is 0 Å². The molecule has 7 rings (SSSR count). The maximum Gasteiger partial charge on any atom is 0.410 e. The van der Waals surface area contributed by atoms with Gasteiger partial charge in [0.15, 0.2) is 5.82 Å². The van der Waals surface area contributed by atoms with E-state index in [1.54, 1.807) is 34.6 Å². The van der Waals surface area contributed by atoms with Crippen molar-refractivity contribution >= 4 is 18.1 Å². The van der Waals surface area contributed by atoms with E-state index < -0.39 is 17.7 Å². The molecular weight excluding hydrogens is 674 g/mol. The average Bonchev–Trinajstić information content (AvgIpc) is 4.00. The lowest BCUT2D eigenvalue weighted by Gasteiger charge is -2.28. The number of likely N-dealkylation sites (tertiary alicyclic amines) is 2. The molecule has 5 heterocycles. The van der Waals surface area contributed by atoms with Crippen LogP contribution in [0.2, 0.25) is 0 Å². The van der Waals surface area contributed by atoms with E-state index in [0.717, 1.165) is 53.8 Å². The molecule has 0 radical (unpaired) electrons.